The van der Waals surface area contributed by atoms with Crippen LogP contribution in [0.2, 0.25) is 0 Å². The van der Waals surface area contributed by atoms with Crippen molar-refractivity contribution in [3.05, 3.63) is 34.3 Å². The average molecular weight is 314 g/mol. The Kier molecular flexibility index (Phi) is 5.85. The van der Waals surface area contributed by atoms with E-state index < -0.39 is 11.9 Å². The number of carbonyl (C=O) groups excluding carboxylic acids is 1. The molecular weight excluding hydrogens is 298 g/mol. The molecule has 0 spiro atoms. The van der Waals surface area contributed by atoms with E-state index in [9.17, 15) is 9.59 Å². The summed E-state index contributed by atoms with van der Waals surface area (Å²) in [6.07, 6.45) is 0.766. The van der Waals surface area contributed by atoms with Gasteiger partial charge in [0.05, 0.1) is 12.3 Å². The van der Waals surface area contributed by atoms with Crippen LogP contribution in [-0.2, 0) is 16.0 Å². The van der Waals surface area contributed by atoms with Gasteiger partial charge >= 0.3 is 5.97 Å². The van der Waals surface area contributed by atoms with Crippen LogP contribution >= 0.6 is 15.9 Å². The summed E-state index contributed by atoms with van der Waals surface area (Å²) in [7, 11) is 0. The van der Waals surface area contributed by atoms with Gasteiger partial charge in [-0.3, -0.25) is 9.59 Å². The van der Waals surface area contributed by atoms with Crippen LogP contribution in [0.1, 0.15) is 18.9 Å². The third-order valence-electron chi connectivity index (χ3n) is 2.64. The SMILES string of the molecule is CCC(CNC(=O)Cc1cccc(Br)c1)C(=O)O. The molecule has 1 atom stereocenters. The number of aliphatic carboxylic acids is 1. The number of rotatable bonds is 6. The second-order valence-electron chi connectivity index (χ2n) is 4.05. The Bertz CT molecular complexity index is 434. The standard InChI is InChI=1S/C13H16BrNO3/c1-2-10(13(17)18)8-15-12(16)7-9-4-3-5-11(14)6-9/h3-6,10H,2,7-8H2,1H3,(H,15,16)(H,17,18). The Hall–Kier alpha value is -1.36. The largest absolute Gasteiger partial charge is 0.481 e. The first-order valence-electron chi connectivity index (χ1n) is 5.77. The van der Waals surface area contributed by atoms with Crippen LogP contribution in [0.5, 0.6) is 0 Å². The lowest BCUT2D eigenvalue weighted by molar-refractivity contribution is -0.141. The quantitative estimate of drug-likeness (QED) is 0.846. The monoisotopic (exact) mass is 313 g/mol. The van der Waals surface area contributed by atoms with E-state index in [1.54, 1.807) is 6.92 Å². The molecule has 0 aliphatic heterocycles. The molecule has 0 aromatic heterocycles. The number of benzene rings is 1. The summed E-state index contributed by atoms with van der Waals surface area (Å²) in [5.74, 6) is -1.55. The molecule has 1 rings (SSSR count). The molecule has 18 heavy (non-hydrogen) atoms. The molecule has 0 heterocycles. The zero-order valence-corrected chi connectivity index (χ0v) is 11.7. The number of halogens is 1. The fraction of sp³-hybridized carbons (Fsp3) is 0.385. The summed E-state index contributed by atoms with van der Waals surface area (Å²) in [5, 5.41) is 11.5. The van der Waals surface area contributed by atoms with E-state index in [-0.39, 0.29) is 18.9 Å². The van der Waals surface area contributed by atoms with E-state index in [0.717, 1.165) is 10.0 Å². The molecule has 0 bridgehead atoms. The number of nitrogens with one attached hydrogen (secondary N) is 1. The lowest BCUT2D eigenvalue weighted by Gasteiger charge is -2.11. The van der Waals surface area contributed by atoms with Crippen LogP contribution in [0.15, 0.2) is 28.7 Å². The Morgan fingerprint density at radius 1 is 1.44 bits per heavy atom. The van der Waals surface area contributed by atoms with E-state index in [1.807, 2.05) is 24.3 Å². The maximum Gasteiger partial charge on any atom is 0.308 e. The molecular formula is C13H16BrNO3. The van der Waals surface area contributed by atoms with E-state index >= 15 is 0 Å². The van der Waals surface area contributed by atoms with Crippen LogP contribution in [0.4, 0.5) is 0 Å². The highest BCUT2D eigenvalue weighted by Gasteiger charge is 2.15. The van der Waals surface area contributed by atoms with Crippen molar-refractivity contribution >= 4 is 27.8 Å². The molecule has 1 amide bonds. The zero-order valence-electron chi connectivity index (χ0n) is 10.1. The smallest absolute Gasteiger partial charge is 0.308 e. The zero-order chi connectivity index (χ0) is 13.5. The van der Waals surface area contributed by atoms with Crippen molar-refractivity contribution in [3.63, 3.8) is 0 Å². The summed E-state index contributed by atoms with van der Waals surface area (Å²) in [4.78, 5) is 22.4. The maximum atomic E-state index is 11.6. The van der Waals surface area contributed by atoms with Gasteiger partial charge in [-0.25, -0.2) is 0 Å². The number of hydrogen-bond acceptors (Lipinski definition) is 2. The van der Waals surface area contributed by atoms with Crippen LogP contribution in [-0.4, -0.2) is 23.5 Å². The highest BCUT2D eigenvalue weighted by molar-refractivity contribution is 9.10. The highest BCUT2D eigenvalue weighted by atomic mass is 79.9. The Balaban J connectivity index is 2.45. The van der Waals surface area contributed by atoms with Gasteiger partial charge in [-0.05, 0) is 24.1 Å². The van der Waals surface area contributed by atoms with Crippen molar-refractivity contribution in [2.45, 2.75) is 19.8 Å². The highest BCUT2D eigenvalue weighted by Crippen LogP contribution is 2.12. The van der Waals surface area contributed by atoms with Crippen LogP contribution < -0.4 is 5.32 Å². The Labute approximate surface area is 115 Å². The molecule has 2 N–H and O–H groups in total. The predicted molar refractivity (Wildman–Crippen MR) is 72.3 cm³/mol. The van der Waals surface area contributed by atoms with Crippen LogP contribution in [0.25, 0.3) is 0 Å². The number of carbonyl (C=O) groups is 2. The summed E-state index contributed by atoms with van der Waals surface area (Å²) in [5.41, 5.74) is 0.894. The second kappa shape index (κ2) is 7.16. The van der Waals surface area contributed by atoms with E-state index in [0.29, 0.717) is 6.42 Å². The van der Waals surface area contributed by atoms with Gasteiger partial charge in [0.15, 0.2) is 0 Å². The van der Waals surface area contributed by atoms with E-state index in [1.165, 1.54) is 0 Å². The third kappa shape index (κ3) is 4.87. The van der Waals surface area contributed by atoms with Gasteiger partial charge in [-0.15, -0.1) is 0 Å². The molecule has 1 aromatic carbocycles. The van der Waals surface area contributed by atoms with E-state index in [4.69, 9.17) is 5.11 Å². The molecule has 0 radical (unpaired) electrons. The molecule has 1 aromatic rings. The van der Waals surface area contributed by atoms with Gasteiger partial charge in [0, 0.05) is 11.0 Å². The van der Waals surface area contributed by atoms with Crippen molar-refractivity contribution in [2.24, 2.45) is 5.92 Å². The minimum Gasteiger partial charge on any atom is -0.481 e. The Morgan fingerprint density at radius 3 is 2.72 bits per heavy atom. The van der Waals surface area contributed by atoms with Crippen molar-refractivity contribution in [1.82, 2.24) is 5.32 Å². The van der Waals surface area contributed by atoms with Crippen LogP contribution in [0, 0.1) is 5.92 Å². The molecule has 0 fully saturated rings. The predicted octanol–water partition coefficient (Wildman–Crippen LogP) is 2.22. The first kappa shape index (κ1) is 14.7. The van der Waals surface area contributed by atoms with Gasteiger partial charge < -0.3 is 10.4 Å². The third-order valence-corrected chi connectivity index (χ3v) is 3.13. The van der Waals surface area contributed by atoms with Gasteiger partial charge in [0.2, 0.25) is 5.91 Å². The van der Waals surface area contributed by atoms with Gasteiger partial charge in [0.1, 0.15) is 0 Å². The molecule has 4 nitrogen and oxygen atoms in total. The van der Waals surface area contributed by atoms with Crippen molar-refractivity contribution in [2.75, 3.05) is 6.54 Å². The summed E-state index contributed by atoms with van der Waals surface area (Å²) in [6, 6.07) is 7.48. The van der Waals surface area contributed by atoms with E-state index in [2.05, 4.69) is 21.2 Å². The fourth-order valence-electron chi connectivity index (χ4n) is 1.54. The van der Waals surface area contributed by atoms with Crippen molar-refractivity contribution < 1.29 is 14.7 Å². The first-order valence-corrected chi connectivity index (χ1v) is 6.56. The molecule has 0 aliphatic rings. The minimum atomic E-state index is -0.875. The van der Waals surface area contributed by atoms with Gasteiger partial charge in [-0.1, -0.05) is 35.0 Å². The average Bonchev–Trinajstić information content (AvgIpc) is 2.29. The topological polar surface area (TPSA) is 66.4 Å². The summed E-state index contributed by atoms with van der Waals surface area (Å²) < 4.78 is 0.921. The maximum absolute atomic E-state index is 11.6. The lowest BCUT2D eigenvalue weighted by Crippen LogP contribution is -2.33. The summed E-state index contributed by atoms with van der Waals surface area (Å²) >= 11 is 3.34. The second-order valence-corrected chi connectivity index (χ2v) is 4.97. The first-order chi connectivity index (χ1) is 8.52. The molecule has 0 saturated heterocycles. The number of carboxylic acids is 1. The van der Waals surface area contributed by atoms with Crippen LogP contribution in [0.3, 0.4) is 0 Å². The fourth-order valence-corrected chi connectivity index (χ4v) is 1.98. The number of carboxylic acid groups (broad SMARTS) is 1. The van der Waals surface area contributed by atoms with Crippen molar-refractivity contribution in [1.29, 1.82) is 0 Å². The summed E-state index contributed by atoms with van der Waals surface area (Å²) in [6.45, 7) is 1.97. The molecule has 5 heteroatoms. The molecule has 0 aliphatic carbocycles. The number of hydrogen-bond donors (Lipinski definition) is 2. The lowest BCUT2D eigenvalue weighted by atomic mass is 10.1. The molecule has 0 saturated carbocycles. The molecule has 1 unspecified atom stereocenters. The minimum absolute atomic E-state index is 0.159. The molecule has 98 valence electrons. The normalized spacial score (nSPS) is 11.9. The van der Waals surface area contributed by atoms with Gasteiger partial charge in [0.25, 0.3) is 0 Å². The van der Waals surface area contributed by atoms with Crippen molar-refractivity contribution in [3.8, 4) is 0 Å². The number of amides is 1. The Morgan fingerprint density at radius 2 is 2.17 bits per heavy atom. The van der Waals surface area contributed by atoms with Gasteiger partial charge in [-0.2, -0.15) is 0 Å².